The molecule has 3 rings (SSSR count). The molecule has 2 aliphatic rings. The van der Waals surface area contributed by atoms with Gasteiger partial charge in [0.05, 0.1) is 0 Å². The van der Waals surface area contributed by atoms with E-state index in [1.54, 1.807) is 31.2 Å². The van der Waals surface area contributed by atoms with Gasteiger partial charge in [-0.3, -0.25) is 14.5 Å². The number of carbonyl (C=O) groups excluding carboxylic acids is 2. The van der Waals surface area contributed by atoms with Gasteiger partial charge in [0.2, 0.25) is 10.5 Å². The number of carboxylic acids is 1. The van der Waals surface area contributed by atoms with Crippen molar-refractivity contribution in [3.05, 3.63) is 47.2 Å². The fourth-order valence-electron chi connectivity index (χ4n) is 3.34. The van der Waals surface area contributed by atoms with Crippen LogP contribution in [0.25, 0.3) is 0 Å². The highest BCUT2D eigenvalue weighted by Gasteiger charge is 2.54. The van der Waals surface area contributed by atoms with Gasteiger partial charge in [-0.15, -0.1) is 11.8 Å². The van der Waals surface area contributed by atoms with Crippen LogP contribution in [0, 0.1) is 0 Å². The maximum absolute atomic E-state index is 13.1. The first kappa shape index (κ1) is 23.6. The molecule has 7 nitrogen and oxygen atoms in total. The van der Waals surface area contributed by atoms with Crippen molar-refractivity contribution >= 4 is 57.9 Å². The number of carboxylic acid groups (broad SMARTS) is 1. The number of carbonyl (C=O) groups is 3. The van der Waals surface area contributed by atoms with Crippen LogP contribution >= 0.6 is 35.7 Å². The zero-order chi connectivity index (χ0) is 22.5. The highest BCUT2D eigenvalue weighted by atomic mass is 32.2. The molecule has 2 N–H and O–H groups in total. The lowest BCUT2D eigenvalue weighted by Crippen LogP contribution is -2.70. The highest BCUT2D eigenvalue weighted by molar-refractivity contribution is 8.22. The molecule has 166 valence electrons. The summed E-state index contributed by atoms with van der Waals surface area (Å²) in [5.74, 6) is -0.767. The Labute approximate surface area is 195 Å². The molecule has 2 aliphatic heterocycles. The number of hydrogen-bond acceptors (Lipinski definition) is 7. The third kappa shape index (κ3) is 5.24. The average molecular weight is 481 g/mol. The van der Waals surface area contributed by atoms with Crippen LogP contribution < -0.4 is 5.32 Å². The Hall–Kier alpha value is -2.04. The number of thioether (sulfide) groups is 2. The highest BCUT2D eigenvalue weighted by Crippen LogP contribution is 2.40. The second-order valence-corrected chi connectivity index (χ2v) is 9.99. The predicted molar refractivity (Wildman–Crippen MR) is 126 cm³/mol. The largest absolute Gasteiger partial charge is 0.477 e. The van der Waals surface area contributed by atoms with Crippen molar-refractivity contribution in [2.24, 2.45) is 0 Å². The number of fused-ring (bicyclic) bond motifs is 1. The van der Waals surface area contributed by atoms with E-state index in [0.29, 0.717) is 16.9 Å². The minimum atomic E-state index is -1.14. The summed E-state index contributed by atoms with van der Waals surface area (Å²) in [6, 6.07) is 8.15. The predicted octanol–water partition coefficient (Wildman–Crippen LogP) is 3.32. The molecule has 0 spiro atoms. The van der Waals surface area contributed by atoms with E-state index in [1.165, 1.54) is 28.4 Å². The van der Waals surface area contributed by atoms with Gasteiger partial charge < -0.3 is 15.2 Å². The number of rotatable bonds is 8. The van der Waals surface area contributed by atoms with Crippen molar-refractivity contribution in [3.8, 4) is 0 Å². The molecule has 1 aromatic rings. The SMILES string of the molecule is CCCCSC(=S)OC(C(=O)N[C@H]1C(=O)N2C(C(=O)O)=C(C)CSC12)c1ccccc1. The number of thiocarbonyl (C=S) groups is 1. The van der Waals surface area contributed by atoms with Crippen molar-refractivity contribution in [1.82, 2.24) is 10.2 Å². The lowest BCUT2D eigenvalue weighted by molar-refractivity contribution is -0.151. The maximum atomic E-state index is 13.1. The normalized spacial score (nSPS) is 21.1. The van der Waals surface area contributed by atoms with Gasteiger partial charge in [0, 0.05) is 17.1 Å². The zero-order valence-corrected chi connectivity index (χ0v) is 19.6. The van der Waals surface area contributed by atoms with Gasteiger partial charge in [-0.05, 0) is 31.1 Å². The van der Waals surface area contributed by atoms with Gasteiger partial charge >= 0.3 is 5.97 Å². The number of ether oxygens (including phenoxy) is 1. The summed E-state index contributed by atoms with van der Waals surface area (Å²) < 4.78 is 6.09. The number of β-lactam (4-membered cyclic amide) rings is 1. The molecule has 2 amide bonds. The van der Waals surface area contributed by atoms with Gasteiger partial charge in [0.25, 0.3) is 11.8 Å². The average Bonchev–Trinajstić information content (AvgIpc) is 2.76. The number of unbranched alkanes of at least 4 members (excludes halogenated alkanes) is 1. The molecule has 1 fully saturated rings. The van der Waals surface area contributed by atoms with Gasteiger partial charge in [-0.25, -0.2) is 4.79 Å². The van der Waals surface area contributed by atoms with E-state index in [4.69, 9.17) is 17.0 Å². The van der Waals surface area contributed by atoms with Crippen molar-refractivity contribution in [2.75, 3.05) is 11.5 Å². The second kappa shape index (κ2) is 10.5. The summed E-state index contributed by atoms with van der Waals surface area (Å²) >= 11 is 8.11. The van der Waals surface area contributed by atoms with Crippen molar-refractivity contribution in [3.63, 3.8) is 0 Å². The number of hydrogen-bond donors (Lipinski definition) is 2. The van der Waals surface area contributed by atoms with Gasteiger partial charge in [0.1, 0.15) is 17.1 Å². The number of aliphatic carboxylic acids is 1. The molecule has 2 heterocycles. The monoisotopic (exact) mass is 480 g/mol. The van der Waals surface area contributed by atoms with Gasteiger partial charge in [0.15, 0.2) is 0 Å². The van der Waals surface area contributed by atoms with Crippen LogP contribution in [-0.2, 0) is 19.1 Å². The molecule has 0 radical (unpaired) electrons. The molecule has 0 aliphatic carbocycles. The molecule has 3 atom stereocenters. The minimum Gasteiger partial charge on any atom is -0.477 e. The van der Waals surface area contributed by atoms with Crippen molar-refractivity contribution in [1.29, 1.82) is 0 Å². The topological polar surface area (TPSA) is 95.9 Å². The van der Waals surface area contributed by atoms with Crippen LogP contribution in [0.2, 0.25) is 0 Å². The molecule has 1 saturated heterocycles. The first-order valence-electron chi connectivity index (χ1n) is 9.91. The lowest BCUT2D eigenvalue weighted by atomic mass is 10.0. The third-order valence-corrected chi connectivity index (χ3v) is 7.63. The minimum absolute atomic E-state index is 0.00334. The van der Waals surface area contributed by atoms with Crippen LogP contribution in [0.1, 0.15) is 38.4 Å². The fourth-order valence-corrected chi connectivity index (χ4v) is 5.74. The standard InChI is InChI=1S/C21H24N2O5S3/c1-3-4-10-30-21(29)28-16(13-8-6-5-7-9-13)17(24)22-14-18(25)23-15(20(26)27)12(2)11-31-19(14)23/h5-9,14,16,19H,3-4,10-11H2,1-2H3,(H,22,24)(H,26,27)/t14-,16?,19?/m0/s1. The Morgan fingerprint density at radius 1 is 1.39 bits per heavy atom. The Kier molecular flexibility index (Phi) is 8.01. The summed E-state index contributed by atoms with van der Waals surface area (Å²) in [6.07, 6.45) is 1.03. The lowest BCUT2D eigenvalue weighted by Gasteiger charge is -2.49. The molecule has 1 aromatic carbocycles. The van der Waals surface area contributed by atoms with Crippen LogP contribution in [-0.4, -0.2) is 55.1 Å². The summed E-state index contributed by atoms with van der Waals surface area (Å²) in [5.41, 5.74) is 1.26. The molecule has 31 heavy (non-hydrogen) atoms. The van der Waals surface area contributed by atoms with Gasteiger partial charge in [-0.2, -0.15) is 0 Å². The van der Waals surface area contributed by atoms with E-state index >= 15 is 0 Å². The Morgan fingerprint density at radius 2 is 2.10 bits per heavy atom. The molecule has 0 saturated carbocycles. The smallest absolute Gasteiger partial charge is 0.352 e. The van der Waals surface area contributed by atoms with E-state index in [1.807, 2.05) is 6.07 Å². The molecular weight excluding hydrogens is 456 g/mol. The zero-order valence-electron chi connectivity index (χ0n) is 17.2. The Morgan fingerprint density at radius 3 is 2.74 bits per heavy atom. The number of nitrogens with one attached hydrogen (secondary N) is 1. The second-order valence-electron chi connectivity index (χ2n) is 7.19. The first-order valence-corrected chi connectivity index (χ1v) is 12.4. The quantitative estimate of drug-likeness (QED) is 0.332. The van der Waals surface area contributed by atoms with Crippen LogP contribution in [0.4, 0.5) is 0 Å². The van der Waals surface area contributed by atoms with Gasteiger partial charge in [-0.1, -0.05) is 55.4 Å². The summed E-state index contributed by atoms with van der Waals surface area (Å²) in [7, 11) is 0. The number of benzene rings is 1. The van der Waals surface area contributed by atoms with Crippen molar-refractivity contribution in [2.45, 2.75) is 44.2 Å². The Balaban J connectivity index is 1.72. The summed E-state index contributed by atoms with van der Waals surface area (Å²) in [5, 5.41) is 11.8. The maximum Gasteiger partial charge on any atom is 0.352 e. The molecule has 0 aromatic heterocycles. The van der Waals surface area contributed by atoms with Crippen LogP contribution in [0.3, 0.4) is 0 Å². The molecule has 2 unspecified atom stereocenters. The molecular formula is C21H24N2O5S3. The third-order valence-electron chi connectivity index (χ3n) is 4.93. The summed E-state index contributed by atoms with van der Waals surface area (Å²) in [4.78, 5) is 38.6. The van der Waals surface area contributed by atoms with Crippen molar-refractivity contribution < 1.29 is 24.2 Å². The van der Waals surface area contributed by atoms with E-state index in [-0.39, 0.29) is 10.1 Å². The van der Waals surface area contributed by atoms with Crippen LogP contribution in [0.5, 0.6) is 0 Å². The first-order chi connectivity index (χ1) is 14.8. The molecule has 0 bridgehead atoms. The molecule has 10 heteroatoms. The number of amides is 2. The number of nitrogens with zero attached hydrogens (tertiary/aromatic N) is 1. The van der Waals surface area contributed by atoms with E-state index in [0.717, 1.165) is 18.6 Å². The van der Waals surface area contributed by atoms with E-state index in [9.17, 15) is 19.5 Å². The van der Waals surface area contributed by atoms with E-state index < -0.39 is 35.3 Å². The van der Waals surface area contributed by atoms with E-state index in [2.05, 4.69) is 12.2 Å². The van der Waals surface area contributed by atoms with Crippen LogP contribution in [0.15, 0.2) is 41.6 Å². The summed E-state index contributed by atoms with van der Waals surface area (Å²) in [6.45, 7) is 3.78. The Bertz CT molecular complexity index is 906. The fraction of sp³-hybridized carbons (Fsp3) is 0.429.